The van der Waals surface area contributed by atoms with Crippen molar-refractivity contribution >= 4 is 37.4 Å². The molecule has 2 nitrogen and oxygen atoms in total. The Bertz CT molecular complexity index is 437. The SMILES string of the molecule is Brc1cc2cc3c(cc2s1)OCO3. The highest BCUT2D eigenvalue weighted by atomic mass is 79.9. The maximum atomic E-state index is 5.28. The number of benzene rings is 1. The van der Waals surface area contributed by atoms with E-state index in [1.165, 1.54) is 10.1 Å². The quantitative estimate of drug-likeness (QED) is 0.720. The first-order valence-corrected chi connectivity index (χ1v) is 5.42. The minimum Gasteiger partial charge on any atom is -0.454 e. The summed E-state index contributed by atoms with van der Waals surface area (Å²) in [6.45, 7) is 0.341. The third-order valence-electron chi connectivity index (χ3n) is 1.98. The molecule has 1 aliphatic rings. The minimum atomic E-state index is 0.341. The molecule has 1 aromatic carbocycles. The second-order valence-corrected chi connectivity index (χ2v) is 5.26. The summed E-state index contributed by atoms with van der Waals surface area (Å²) in [6.07, 6.45) is 0. The van der Waals surface area contributed by atoms with Gasteiger partial charge in [0.2, 0.25) is 6.79 Å². The van der Waals surface area contributed by atoms with Crippen LogP contribution in [0.1, 0.15) is 0 Å². The van der Waals surface area contributed by atoms with Crippen molar-refractivity contribution in [2.45, 2.75) is 0 Å². The van der Waals surface area contributed by atoms with Crippen LogP contribution in [0, 0.1) is 0 Å². The Morgan fingerprint density at radius 1 is 1.15 bits per heavy atom. The molecule has 0 radical (unpaired) electrons. The van der Waals surface area contributed by atoms with Gasteiger partial charge in [-0.25, -0.2) is 0 Å². The Balaban J connectivity index is 2.35. The predicted octanol–water partition coefficient (Wildman–Crippen LogP) is 3.39. The van der Waals surface area contributed by atoms with E-state index in [1.54, 1.807) is 11.3 Å². The Kier molecular flexibility index (Phi) is 1.54. The van der Waals surface area contributed by atoms with E-state index in [0.717, 1.165) is 15.3 Å². The topological polar surface area (TPSA) is 18.5 Å². The fourth-order valence-corrected chi connectivity index (χ4v) is 2.96. The van der Waals surface area contributed by atoms with Gasteiger partial charge in [-0.15, -0.1) is 11.3 Å². The van der Waals surface area contributed by atoms with Gasteiger partial charge in [0.15, 0.2) is 11.5 Å². The van der Waals surface area contributed by atoms with Crippen LogP contribution in [0.3, 0.4) is 0 Å². The molecule has 0 unspecified atom stereocenters. The molecule has 0 saturated carbocycles. The van der Waals surface area contributed by atoms with Crippen LogP contribution < -0.4 is 9.47 Å². The number of rotatable bonds is 0. The molecule has 3 rings (SSSR count). The van der Waals surface area contributed by atoms with E-state index < -0.39 is 0 Å². The van der Waals surface area contributed by atoms with Crippen molar-refractivity contribution in [2.24, 2.45) is 0 Å². The van der Waals surface area contributed by atoms with Crippen molar-refractivity contribution in [3.05, 3.63) is 22.0 Å². The van der Waals surface area contributed by atoms with E-state index in [1.807, 2.05) is 12.1 Å². The fourth-order valence-electron chi connectivity index (χ4n) is 1.40. The van der Waals surface area contributed by atoms with Gasteiger partial charge in [-0.2, -0.15) is 0 Å². The van der Waals surface area contributed by atoms with Crippen molar-refractivity contribution in [1.82, 2.24) is 0 Å². The largest absolute Gasteiger partial charge is 0.454 e. The van der Waals surface area contributed by atoms with Crippen molar-refractivity contribution in [3.63, 3.8) is 0 Å². The van der Waals surface area contributed by atoms with Gasteiger partial charge in [0.1, 0.15) is 0 Å². The molecule has 0 N–H and O–H groups in total. The van der Waals surface area contributed by atoms with Gasteiger partial charge < -0.3 is 9.47 Å². The number of fused-ring (bicyclic) bond motifs is 2. The number of hydrogen-bond acceptors (Lipinski definition) is 3. The summed E-state index contributed by atoms with van der Waals surface area (Å²) in [5.41, 5.74) is 0. The van der Waals surface area contributed by atoms with Crippen LogP contribution in [0.2, 0.25) is 0 Å². The van der Waals surface area contributed by atoms with Crippen LogP contribution in [0.25, 0.3) is 10.1 Å². The van der Waals surface area contributed by atoms with E-state index in [0.29, 0.717) is 6.79 Å². The average molecular weight is 257 g/mol. The zero-order valence-corrected chi connectivity index (χ0v) is 8.94. The molecule has 1 aromatic heterocycles. The smallest absolute Gasteiger partial charge is 0.231 e. The van der Waals surface area contributed by atoms with Gasteiger partial charge in [-0.05, 0) is 33.4 Å². The summed E-state index contributed by atoms with van der Waals surface area (Å²) in [7, 11) is 0. The fraction of sp³-hybridized carbons (Fsp3) is 0.111. The Morgan fingerprint density at radius 3 is 2.77 bits per heavy atom. The first-order valence-electron chi connectivity index (χ1n) is 3.81. The Morgan fingerprint density at radius 2 is 1.92 bits per heavy atom. The zero-order chi connectivity index (χ0) is 8.84. The monoisotopic (exact) mass is 256 g/mol. The third kappa shape index (κ3) is 1.13. The molecular formula is C9H5BrO2S. The van der Waals surface area contributed by atoms with E-state index in [-0.39, 0.29) is 0 Å². The number of thiophene rings is 1. The molecule has 2 heterocycles. The highest BCUT2D eigenvalue weighted by molar-refractivity contribution is 9.11. The lowest BCUT2D eigenvalue weighted by atomic mass is 10.2. The summed E-state index contributed by atoms with van der Waals surface area (Å²) in [4.78, 5) is 0. The van der Waals surface area contributed by atoms with Gasteiger partial charge in [0.05, 0.1) is 3.79 Å². The minimum absolute atomic E-state index is 0.341. The number of halogens is 1. The Labute approximate surface area is 87.2 Å². The molecule has 0 amide bonds. The summed E-state index contributed by atoms with van der Waals surface area (Å²) in [6, 6.07) is 6.12. The van der Waals surface area contributed by atoms with Gasteiger partial charge >= 0.3 is 0 Å². The van der Waals surface area contributed by atoms with E-state index in [9.17, 15) is 0 Å². The standard InChI is InChI=1S/C9H5BrO2S/c10-9-2-5-1-6-7(12-4-11-6)3-8(5)13-9/h1-3H,4H2. The summed E-state index contributed by atoms with van der Waals surface area (Å²) < 4.78 is 12.9. The molecule has 0 aliphatic carbocycles. The predicted molar refractivity (Wildman–Crippen MR) is 55.6 cm³/mol. The van der Waals surface area contributed by atoms with Crippen LogP contribution in [0.5, 0.6) is 11.5 Å². The lowest BCUT2D eigenvalue weighted by Crippen LogP contribution is -1.92. The molecule has 0 fully saturated rings. The maximum absolute atomic E-state index is 5.28. The highest BCUT2D eigenvalue weighted by Gasteiger charge is 2.14. The molecule has 13 heavy (non-hydrogen) atoms. The van der Waals surface area contributed by atoms with Gasteiger partial charge in [-0.1, -0.05) is 0 Å². The van der Waals surface area contributed by atoms with Crippen LogP contribution in [-0.2, 0) is 0 Å². The van der Waals surface area contributed by atoms with Crippen molar-refractivity contribution in [2.75, 3.05) is 6.79 Å². The molecule has 0 atom stereocenters. The van der Waals surface area contributed by atoms with Gasteiger partial charge in [0.25, 0.3) is 0 Å². The van der Waals surface area contributed by atoms with Gasteiger partial charge in [-0.3, -0.25) is 0 Å². The maximum Gasteiger partial charge on any atom is 0.231 e. The molecule has 4 heteroatoms. The second kappa shape index (κ2) is 2.62. The van der Waals surface area contributed by atoms with E-state index in [2.05, 4.69) is 22.0 Å². The summed E-state index contributed by atoms with van der Waals surface area (Å²) in [5, 5.41) is 1.20. The molecule has 2 aromatic rings. The first kappa shape index (κ1) is 7.64. The summed E-state index contributed by atoms with van der Waals surface area (Å²) in [5.74, 6) is 1.69. The first-order chi connectivity index (χ1) is 6.33. The van der Waals surface area contributed by atoms with Crippen molar-refractivity contribution < 1.29 is 9.47 Å². The normalized spacial score (nSPS) is 13.9. The number of hydrogen-bond donors (Lipinski definition) is 0. The van der Waals surface area contributed by atoms with Crippen LogP contribution in [0.15, 0.2) is 22.0 Å². The summed E-state index contributed by atoms with van der Waals surface area (Å²) >= 11 is 5.15. The number of ether oxygens (including phenoxy) is 2. The molecular weight excluding hydrogens is 252 g/mol. The van der Waals surface area contributed by atoms with Crippen molar-refractivity contribution in [3.8, 4) is 11.5 Å². The zero-order valence-electron chi connectivity index (χ0n) is 6.54. The molecule has 0 bridgehead atoms. The van der Waals surface area contributed by atoms with E-state index >= 15 is 0 Å². The van der Waals surface area contributed by atoms with Crippen LogP contribution in [0.4, 0.5) is 0 Å². The lowest BCUT2D eigenvalue weighted by molar-refractivity contribution is 0.174. The molecule has 0 saturated heterocycles. The molecule has 0 spiro atoms. The Hall–Kier alpha value is -0.740. The van der Waals surface area contributed by atoms with Crippen LogP contribution in [-0.4, -0.2) is 6.79 Å². The lowest BCUT2D eigenvalue weighted by Gasteiger charge is -1.94. The average Bonchev–Trinajstić information content (AvgIpc) is 2.63. The molecule has 66 valence electrons. The highest BCUT2D eigenvalue weighted by Crippen LogP contribution is 2.40. The van der Waals surface area contributed by atoms with Gasteiger partial charge in [0, 0.05) is 10.8 Å². The van der Waals surface area contributed by atoms with Crippen LogP contribution >= 0.6 is 27.3 Å². The third-order valence-corrected chi connectivity index (χ3v) is 3.58. The van der Waals surface area contributed by atoms with Crippen molar-refractivity contribution in [1.29, 1.82) is 0 Å². The van der Waals surface area contributed by atoms with E-state index in [4.69, 9.17) is 9.47 Å². The molecule has 1 aliphatic heterocycles. The second-order valence-electron chi connectivity index (χ2n) is 2.79.